The number of furan rings is 1. The van der Waals surface area contributed by atoms with Crippen LogP contribution in [0.1, 0.15) is 17.4 Å². The van der Waals surface area contributed by atoms with Crippen molar-refractivity contribution in [3.05, 3.63) is 35.6 Å². The highest BCUT2D eigenvalue weighted by Gasteiger charge is 2.12. The fourth-order valence-electron chi connectivity index (χ4n) is 1.44. The fourth-order valence-corrected chi connectivity index (χ4v) is 1.44. The average Bonchev–Trinajstić information content (AvgIpc) is 2.62. The van der Waals surface area contributed by atoms with Gasteiger partial charge in [0.25, 0.3) is 0 Å². The van der Waals surface area contributed by atoms with Crippen molar-refractivity contribution in [2.45, 2.75) is 13.0 Å². The maximum Gasteiger partial charge on any atom is 0.167 e. The van der Waals surface area contributed by atoms with Crippen molar-refractivity contribution in [3.63, 3.8) is 0 Å². The number of hydrogen-bond donors (Lipinski definition) is 1. The Balaban J connectivity index is 2.62. The summed E-state index contributed by atoms with van der Waals surface area (Å²) >= 11 is 0. The van der Waals surface area contributed by atoms with Crippen LogP contribution in [-0.4, -0.2) is 11.4 Å². The molecule has 0 amide bonds. The summed E-state index contributed by atoms with van der Waals surface area (Å²) in [6.07, 6.45) is -0.714. The highest BCUT2D eigenvalue weighted by molar-refractivity contribution is 5.81. The molecule has 0 saturated carbocycles. The van der Waals surface area contributed by atoms with Crippen molar-refractivity contribution in [3.8, 4) is 0 Å². The van der Waals surface area contributed by atoms with E-state index < -0.39 is 6.10 Å². The van der Waals surface area contributed by atoms with Gasteiger partial charge in [-0.2, -0.15) is 0 Å². The van der Waals surface area contributed by atoms with E-state index in [4.69, 9.17) is 4.42 Å². The number of aliphatic hydroxyl groups excluding tert-OH is 1. The van der Waals surface area contributed by atoms with Gasteiger partial charge in [-0.05, 0) is 18.6 Å². The van der Waals surface area contributed by atoms with Gasteiger partial charge in [-0.15, -0.1) is 0 Å². The molecule has 1 atom stereocenters. The van der Waals surface area contributed by atoms with Gasteiger partial charge in [-0.3, -0.25) is 4.79 Å². The normalized spacial score (nSPS) is 13.0. The van der Waals surface area contributed by atoms with E-state index in [0.29, 0.717) is 12.0 Å². The highest BCUT2D eigenvalue weighted by atomic mass is 16.4. The van der Waals surface area contributed by atoms with E-state index in [9.17, 15) is 9.90 Å². The predicted octanol–water partition coefficient (Wildman–Crippen LogP) is 1.97. The number of hydrogen-bond acceptors (Lipinski definition) is 3. The maximum atomic E-state index is 10.4. The number of benzene rings is 1. The maximum absolute atomic E-state index is 10.4. The van der Waals surface area contributed by atoms with Gasteiger partial charge in [0.15, 0.2) is 12.4 Å². The number of para-hydroxylation sites is 1. The summed E-state index contributed by atoms with van der Waals surface area (Å²) in [6, 6.07) is 7.39. The number of carbonyl (C=O) groups excluding carboxylic acids is 1. The molecule has 0 aliphatic carbocycles. The topological polar surface area (TPSA) is 50.4 Å². The third-order valence-electron chi connectivity index (χ3n) is 2.18. The summed E-state index contributed by atoms with van der Waals surface area (Å²) in [7, 11) is 0. The van der Waals surface area contributed by atoms with Crippen molar-refractivity contribution in [2.24, 2.45) is 0 Å². The highest BCUT2D eigenvalue weighted by Crippen LogP contribution is 2.25. The standard InChI is InChI=1S/C11H10O3/c1-7-3-2-4-8-5-10(9(13)6-12)14-11(7)8/h2-6,9,13H,1H3. The second-order valence-corrected chi connectivity index (χ2v) is 3.22. The molecule has 1 aromatic carbocycles. The molecule has 3 heteroatoms. The van der Waals surface area contributed by atoms with Gasteiger partial charge in [0.2, 0.25) is 0 Å². The summed E-state index contributed by atoms with van der Waals surface area (Å²) in [5.74, 6) is 0.296. The summed E-state index contributed by atoms with van der Waals surface area (Å²) in [5, 5.41) is 10.2. The molecule has 0 aliphatic rings. The molecule has 2 rings (SSSR count). The molecule has 0 bridgehead atoms. The summed E-state index contributed by atoms with van der Waals surface area (Å²) in [4.78, 5) is 10.4. The molecular weight excluding hydrogens is 180 g/mol. The van der Waals surface area contributed by atoms with Crippen molar-refractivity contribution >= 4 is 17.3 Å². The van der Waals surface area contributed by atoms with Crippen LogP contribution < -0.4 is 0 Å². The van der Waals surface area contributed by atoms with Crippen molar-refractivity contribution in [2.75, 3.05) is 0 Å². The van der Waals surface area contributed by atoms with Gasteiger partial charge in [0, 0.05) is 5.39 Å². The Bertz CT molecular complexity index is 470. The van der Waals surface area contributed by atoms with E-state index in [1.807, 2.05) is 25.1 Å². The third-order valence-corrected chi connectivity index (χ3v) is 2.18. The lowest BCUT2D eigenvalue weighted by molar-refractivity contribution is -0.115. The Labute approximate surface area is 81.0 Å². The van der Waals surface area contributed by atoms with Gasteiger partial charge in [-0.1, -0.05) is 18.2 Å². The Kier molecular flexibility index (Phi) is 2.09. The van der Waals surface area contributed by atoms with E-state index >= 15 is 0 Å². The molecule has 0 saturated heterocycles. The van der Waals surface area contributed by atoms with E-state index in [1.165, 1.54) is 0 Å². The Morgan fingerprint density at radius 2 is 2.29 bits per heavy atom. The molecule has 0 spiro atoms. The second kappa shape index (κ2) is 3.27. The van der Waals surface area contributed by atoms with Crippen LogP contribution in [0, 0.1) is 6.92 Å². The Hall–Kier alpha value is -1.61. The number of fused-ring (bicyclic) bond motifs is 1. The van der Waals surface area contributed by atoms with E-state index in [-0.39, 0.29) is 0 Å². The van der Waals surface area contributed by atoms with Crippen LogP contribution in [0.15, 0.2) is 28.7 Å². The minimum absolute atomic E-state index is 0.296. The number of aldehydes is 1. The fraction of sp³-hybridized carbons (Fsp3) is 0.182. The first-order valence-electron chi connectivity index (χ1n) is 4.35. The molecule has 0 aliphatic heterocycles. The minimum Gasteiger partial charge on any atom is -0.458 e. The van der Waals surface area contributed by atoms with Gasteiger partial charge >= 0.3 is 0 Å². The van der Waals surface area contributed by atoms with Gasteiger partial charge < -0.3 is 9.52 Å². The van der Waals surface area contributed by atoms with Crippen LogP contribution in [0.5, 0.6) is 0 Å². The largest absolute Gasteiger partial charge is 0.458 e. The Morgan fingerprint density at radius 1 is 1.50 bits per heavy atom. The van der Waals surface area contributed by atoms with Crippen LogP contribution in [0.25, 0.3) is 11.0 Å². The second-order valence-electron chi connectivity index (χ2n) is 3.22. The summed E-state index contributed by atoms with van der Waals surface area (Å²) in [5.41, 5.74) is 1.72. The number of rotatable bonds is 2. The summed E-state index contributed by atoms with van der Waals surface area (Å²) < 4.78 is 5.37. The molecule has 1 aromatic heterocycles. The van der Waals surface area contributed by atoms with Crippen LogP contribution in [0.4, 0.5) is 0 Å². The average molecular weight is 190 g/mol. The smallest absolute Gasteiger partial charge is 0.167 e. The zero-order valence-corrected chi connectivity index (χ0v) is 7.73. The summed E-state index contributed by atoms with van der Waals surface area (Å²) in [6.45, 7) is 1.92. The van der Waals surface area contributed by atoms with E-state index in [0.717, 1.165) is 16.5 Å². The van der Waals surface area contributed by atoms with E-state index in [2.05, 4.69) is 0 Å². The molecular formula is C11H10O3. The number of carbonyl (C=O) groups is 1. The van der Waals surface area contributed by atoms with Crippen LogP contribution in [0.3, 0.4) is 0 Å². The SMILES string of the molecule is Cc1cccc2cc(C(O)C=O)oc12. The zero-order valence-electron chi connectivity index (χ0n) is 7.73. The molecule has 0 radical (unpaired) electrons. The van der Waals surface area contributed by atoms with Crippen LogP contribution in [0.2, 0.25) is 0 Å². The monoisotopic (exact) mass is 190 g/mol. The molecule has 0 fully saturated rings. The number of aryl methyl sites for hydroxylation is 1. The van der Waals surface area contributed by atoms with Crippen molar-refractivity contribution in [1.82, 2.24) is 0 Å². The molecule has 3 nitrogen and oxygen atoms in total. The molecule has 1 heterocycles. The third kappa shape index (κ3) is 1.32. The van der Waals surface area contributed by atoms with Gasteiger partial charge in [0.1, 0.15) is 11.3 Å². The first-order valence-corrected chi connectivity index (χ1v) is 4.35. The van der Waals surface area contributed by atoms with Crippen LogP contribution in [-0.2, 0) is 4.79 Å². The van der Waals surface area contributed by atoms with E-state index in [1.54, 1.807) is 6.07 Å². The molecule has 72 valence electrons. The first kappa shape index (κ1) is 8.97. The minimum atomic E-state index is -1.17. The lowest BCUT2D eigenvalue weighted by Gasteiger charge is -1.95. The van der Waals surface area contributed by atoms with Crippen LogP contribution >= 0.6 is 0 Å². The molecule has 1 unspecified atom stereocenters. The quantitative estimate of drug-likeness (QED) is 0.736. The predicted molar refractivity (Wildman–Crippen MR) is 52.0 cm³/mol. The molecule has 14 heavy (non-hydrogen) atoms. The van der Waals surface area contributed by atoms with Gasteiger partial charge in [0.05, 0.1) is 0 Å². The van der Waals surface area contributed by atoms with Crippen molar-refractivity contribution < 1.29 is 14.3 Å². The Morgan fingerprint density at radius 3 is 2.93 bits per heavy atom. The zero-order chi connectivity index (χ0) is 10.1. The lowest BCUT2D eigenvalue weighted by atomic mass is 10.2. The van der Waals surface area contributed by atoms with Crippen molar-refractivity contribution in [1.29, 1.82) is 0 Å². The molecule has 2 aromatic rings. The molecule has 1 N–H and O–H groups in total. The lowest BCUT2D eigenvalue weighted by Crippen LogP contribution is -1.94. The first-order chi connectivity index (χ1) is 6.72. The van der Waals surface area contributed by atoms with Gasteiger partial charge in [-0.25, -0.2) is 0 Å². The number of aliphatic hydroxyl groups is 1.